The highest BCUT2D eigenvalue weighted by Gasteiger charge is 2.21. The lowest BCUT2D eigenvalue weighted by atomic mass is 10.2. The number of nitrogens with one attached hydrogen (secondary N) is 1. The summed E-state index contributed by atoms with van der Waals surface area (Å²) in [6, 6.07) is 6.38. The first kappa shape index (κ1) is 13.3. The van der Waals surface area contributed by atoms with Crippen LogP contribution < -0.4 is 10.5 Å². The van der Waals surface area contributed by atoms with Crippen LogP contribution in [0.15, 0.2) is 41.7 Å². The number of anilines is 2. The van der Waals surface area contributed by atoms with Crippen LogP contribution in [0.4, 0.5) is 11.6 Å². The van der Waals surface area contributed by atoms with Gasteiger partial charge in [-0.1, -0.05) is 0 Å². The zero-order valence-corrected chi connectivity index (χ0v) is 11.9. The Morgan fingerprint density at radius 1 is 1.24 bits per heavy atom. The lowest BCUT2D eigenvalue weighted by molar-refractivity contribution is 0.600. The van der Waals surface area contributed by atoms with Gasteiger partial charge in [0.05, 0.1) is 5.52 Å². The zero-order valence-electron chi connectivity index (χ0n) is 11.1. The van der Waals surface area contributed by atoms with Gasteiger partial charge < -0.3 is 5.73 Å². The second-order valence-electron chi connectivity index (χ2n) is 4.37. The molecular formula is C12H12N6O2S. The molecule has 0 radical (unpaired) electrons. The normalized spacial score (nSPS) is 11.7. The van der Waals surface area contributed by atoms with Crippen molar-refractivity contribution in [2.75, 3.05) is 10.5 Å². The van der Waals surface area contributed by atoms with Crippen molar-refractivity contribution in [3.8, 4) is 0 Å². The minimum absolute atomic E-state index is 0.0373. The topological polar surface area (TPSA) is 116 Å². The third-order valence-corrected chi connectivity index (χ3v) is 4.35. The van der Waals surface area contributed by atoms with Crippen LogP contribution in [0.2, 0.25) is 0 Å². The number of benzene rings is 1. The number of rotatable bonds is 3. The molecule has 0 atom stereocenters. The van der Waals surface area contributed by atoms with Crippen LogP contribution in [-0.4, -0.2) is 28.2 Å². The maximum absolute atomic E-state index is 12.5. The molecule has 0 amide bonds. The number of nitrogens with two attached hydrogens (primary N) is 1. The highest BCUT2D eigenvalue weighted by atomic mass is 32.2. The molecule has 2 heterocycles. The summed E-state index contributed by atoms with van der Waals surface area (Å²) in [5.41, 5.74) is 6.63. The highest BCUT2D eigenvalue weighted by Crippen LogP contribution is 2.26. The van der Waals surface area contributed by atoms with Gasteiger partial charge in [0, 0.05) is 24.3 Å². The van der Waals surface area contributed by atoms with Gasteiger partial charge in [0.1, 0.15) is 11.2 Å². The third kappa shape index (κ3) is 2.27. The van der Waals surface area contributed by atoms with E-state index in [0.717, 1.165) is 0 Å². The van der Waals surface area contributed by atoms with E-state index >= 15 is 0 Å². The molecule has 9 heteroatoms. The van der Waals surface area contributed by atoms with Crippen LogP contribution >= 0.6 is 0 Å². The lowest BCUT2D eigenvalue weighted by Crippen LogP contribution is -2.17. The lowest BCUT2D eigenvalue weighted by Gasteiger charge is -2.10. The van der Waals surface area contributed by atoms with Crippen LogP contribution in [0.1, 0.15) is 0 Å². The molecule has 0 aliphatic heterocycles. The molecule has 3 rings (SSSR count). The van der Waals surface area contributed by atoms with Crippen molar-refractivity contribution in [3.05, 3.63) is 36.8 Å². The Hall–Kier alpha value is -2.68. The van der Waals surface area contributed by atoms with E-state index in [-0.39, 0.29) is 10.8 Å². The second kappa shape index (κ2) is 4.70. The van der Waals surface area contributed by atoms with Crippen LogP contribution in [-0.2, 0) is 17.1 Å². The number of nitrogens with zero attached hydrogens (tertiary/aromatic N) is 4. The fraction of sp³-hybridized carbons (Fsp3) is 0.0833. The van der Waals surface area contributed by atoms with Crippen LogP contribution in [0.3, 0.4) is 0 Å². The van der Waals surface area contributed by atoms with E-state index in [1.165, 1.54) is 29.3 Å². The molecule has 8 nitrogen and oxygen atoms in total. The van der Waals surface area contributed by atoms with Crippen molar-refractivity contribution in [1.29, 1.82) is 0 Å². The van der Waals surface area contributed by atoms with Gasteiger partial charge in [0.25, 0.3) is 10.0 Å². The second-order valence-corrected chi connectivity index (χ2v) is 6.02. The largest absolute Gasteiger partial charge is 0.398 e. The monoisotopic (exact) mass is 304 g/mol. The van der Waals surface area contributed by atoms with Gasteiger partial charge in [-0.15, -0.1) is 0 Å². The average molecular weight is 304 g/mol. The molecule has 1 aromatic carbocycles. The fourth-order valence-electron chi connectivity index (χ4n) is 1.95. The quantitative estimate of drug-likeness (QED) is 0.690. The van der Waals surface area contributed by atoms with E-state index in [9.17, 15) is 8.42 Å². The Bertz CT molecular complexity index is 918. The fourth-order valence-corrected chi connectivity index (χ4v) is 3.15. The van der Waals surface area contributed by atoms with Gasteiger partial charge in [-0.25, -0.2) is 17.8 Å². The predicted molar refractivity (Wildman–Crippen MR) is 78.0 cm³/mol. The van der Waals surface area contributed by atoms with Gasteiger partial charge in [0.2, 0.25) is 5.95 Å². The Morgan fingerprint density at radius 2 is 2.05 bits per heavy atom. The number of sulfonamides is 1. The number of pyridine rings is 1. The molecular weight excluding hydrogens is 292 g/mol. The highest BCUT2D eigenvalue weighted by molar-refractivity contribution is 7.93. The van der Waals surface area contributed by atoms with Crippen molar-refractivity contribution < 1.29 is 8.42 Å². The van der Waals surface area contributed by atoms with Crippen molar-refractivity contribution in [2.45, 2.75) is 4.90 Å². The maximum Gasteiger partial charge on any atom is 0.266 e. The van der Waals surface area contributed by atoms with Crippen molar-refractivity contribution >= 4 is 32.6 Å². The Morgan fingerprint density at radius 3 is 2.76 bits per heavy atom. The van der Waals surface area contributed by atoms with Gasteiger partial charge in [0.15, 0.2) is 0 Å². The molecule has 21 heavy (non-hydrogen) atoms. The first-order valence-corrected chi connectivity index (χ1v) is 7.47. The molecule has 0 aliphatic rings. The molecule has 0 fully saturated rings. The van der Waals surface area contributed by atoms with Gasteiger partial charge >= 0.3 is 0 Å². The third-order valence-electron chi connectivity index (χ3n) is 2.99. The first-order valence-electron chi connectivity index (χ1n) is 5.99. The van der Waals surface area contributed by atoms with E-state index in [4.69, 9.17) is 5.73 Å². The Labute approximate surface area is 120 Å². The molecule has 0 aliphatic carbocycles. The summed E-state index contributed by atoms with van der Waals surface area (Å²) in [7, 11) is -2.25. The SMILES string of the molecule is Cn1ncnc1NS(=O)(=O)c1ccc(N)c2cccnc12. The molecule has 108 valence electrons. The van der Waals surface area contributed by atoms with E-state index in [2.05, 4.69) is 19.8 Å². The number of aromatic nitrogens is 4. The smallest absolute Gasteiger partial charge is 0.266 e. The van der Waals surface area contributed by atoms with Crippen molar-refractivity contribution in [1.82, 2.24) is 19.7 Å². The molecule has 0 bridgehead atoms. The minimum atomic E-state index is -3.84. The molecule has 0 unspecified atom stereocenters. The first-order chi connectivity index (χ1) is 9.99. The van der Waals surface area contributed by atoms with E-state index in [1.807, 2.05) is 0 Å². The molecule has 3 N–H and O–H groups in total. The Balaban J connectivity index is 2.16. The number of nitrogen functional groups attached to an aromatic ring is 1. The van der Waals surface area contributed by atoms with Gasteiger partial charge in [-0.3, -0.25) is 4.98 Å². The predicted octanol–water partition coefficient (Wildman–Crippen LogP) is 0.746. The zero-order chi connectivity index (χ0) is 15.0. The van der Waals surface area contributed by atoms with Crippen LogP contribution in [0.25, 0.3) is 10.9 Å². The average Bonchev–Trinajstić information content (AvgIpc) is 2.84. The molecule has 0 saturated heterocycles. The molecule has 2 aromatic heterocycles. The van der Waals surface area contributed by atoms with Crippen molar-refractivity contribution in [2.24, 2.45) is 7.05 Å². The van der Waals surface area contributed by atoms with Gasteiger partial charge in [-0.05, 0) is 24.3 Å². The van der Waals surface area contributed by atoms with Crippen LogP contribution in [0, 0.1) is 0 Å². The van der Waals surface area contributed by atoms with E-state index in [0.29, 0.717) is 16.6 Å². The van der Waals surface area contributed by atoms with E-state index < -0.39 is 10.0 Å². The molecule has 0 saturated carbocycles. The number of aryl methyl sites for hydroxylation is 1. The van der Waals surface area contributed by atoms with Gasteiger partial charge in [-0.2, -0.15) is 10.1 Å². The summed E-state index contributed by atoms with van der Waals surface area (Å²) in [6.45, 7) is 0. The van der Waals surface area contributed by atoms with Crippen molar-refractivity contribution in [3.63, 3.8) is 0 Å². The molecule has 0 spiro atoms. The Kier molecular flexibility index (Phi) is 2.98. The minimum Gasteiger partial charge on any atom is -0.398 e. The number of fused-ring (bicyclic) bond motifs is 1. The summed E-state index contributed by atoms with van der Waals surface area (Å²) >= 11 is 0. The number of hydrogen-bond acceptors (Lipinski definition) is 6. The van der Waals surface area contributed by atoms with E-state index in [1.54, 1.807) is 19.2 Å². The summed E-state index contributed by atoms with van der Waals surface area (Å²) in [4.78, 5) is 8.00. The molecule has 3 aromatic rings. The standard InChI is InChI=1S/C12H12N6O2S/c1-18-12(15-7-16-18)17-21(19,20)10-5-4-9(13)8-3-2-6-14-11(8)10/h2-7H,13H2,1H3,(H,15,16,17). The maximum atomic E-state index is 12.5. The summed E-state index contributed by atoms with van der Waals surface area (Å²) in [5, 5.41) is 4.40. The van der Waals surface area contributed by atoms with Crippen LogP contribution in [0.5, 0.6) is 0 Å². The summed E-state index contributed by atoms with van der Waals surface area (Å²) in [6.07, 6.45) is 2.78. The number of hydrogen-bond donors (Lipinski definition) is 2. The summed E-state index contributed by atoms with van der Waals surface area (Å²) < 4.78 is 28.7. The summed E-state index contributed by atoms with van der Waals surface area (Å²) in [5.74, 6) is 0.121.